The molecule has 0 saturated carbocycles. The quantitative estimate of drug-likeness (QED) is 0.550. The highest BCUT2D eigenvalue weighted by atomic mass is 32.2. The Kier molecular flexibility index (Phi) is 8.53. The summed E-state index contributed by atoms with van der Waals surface area (Å²) in [6.07, 6.45) is 2.06. The van der Waals surface area contributed by atoms with E-state index in [4.69, 9.17) is 9.47 Å². The van der Waals surface area contributed by atoms with Crippen molar-refractivity contribution < 1.29 is 22.7 Å². The molecule has 30 heavy (non-hydrogen) atoms. The highest BCUT2D eigenvalue weighted by Crippen LogP contribution is 2.21. The number of ether oxygens (including phenoxy) is 2. The van der Waals surface area contributed by atoms with Gasteiger partial charge in [-0.05, 0) is 62.6 Å². The van der Waals surface area contributed by atoms with Crippen molar-refractivity contribution in [3.05, 3.63) is 54.1 Å². The fourth-order valence-corrected chi connectivity index (χ4v) is 3.33. The molecule has 0 fully saturated rings. The minimum absolute atomic E-state index is 0.203. The summed E-state index contributed by atoms with van der Waals surface area (Å²) in [5.74, 6) is 1.17. The largest absolute Gasteiger partial charge is 0.494 e. The number of carbonyl (C=O) groups excluding carboxylic acids is 1. The van der Waals surface area contributed by atoms with Crippen molar-refractivity contribution in [3.63, 3.8) is 0 Å². The van der Waals surface area contributed by atoms with Crippen molar-refractivity contribution in [3.8, 4) is 11.5 Å². The van der Waals surface area contributed by atoms with Crippen molar-refractivity contribution in [2.24, 2.45) is 0 Å². The van der Waals surface area contributed by atoms with Crippen LogP contribution in [0.5, 0.6) is 11.5 Å². The zero-order valence-corrected chi connectivity index (χ0v) is 18.7. The average Bonchev–Trinajstić information content (AvgIpc) is 2.71. The van der Waals surface area contributed by atoms with Crippen molar-refractivity contribution in [1.82, 2.24) is 5.32 Å². The van der Waals surface area contributed by atoms with Gasteiger partial charge in [-0.1, -0.05) is 18.2 Å². The summed E-state index contributed by atoms with van der Waals surface area (Å²) in [5, 5.41) is 2.88. The van der Waals surface area contributed by atoms with Crippen molar-refractivity contribution >= 4 is 21.6 Å². The van der Waals surface area contributed by atoms with Gasteiger partial charge in [-0.25, -0.2) is 8.42 Å². The third-order valence-corrected chi connectivity index (χ3v) is 5.78. The van der Waals surface area contributed by atoms with Crippen LogP contribution in [-0.2, 0) is 21.2 Å². The van der Waals surface area contributed by atoms with Crippen LogP contribution in [0.2, 0.25) is 0 Å². The lowest BCUT2D eigenvalue weighted by atomic mass is 10.1. The molecule has 0 radical (unpaired) electrons. The van der Waals surface area contributed by atoms with Crippen LogP contribution in [0.1, 0.15) is 25.8 Å². The molecule has 0 unspecified atom stereocenters. The number of benzene rings is 2. The first-order valence-electron chi connectivity index (χ1n) is 9.91. The summed E-state index contributed by atoms with van der Waals surface area (Å²) in [4.78, 5) is 12.3. The normalized spacial score (nSPS) is 12.1. The number of hydrogen-bond donors (Lipinski definition) is 1. The molecule has 2 rings (SSSR count). The van der Waals surface area contributed by atoms with E-state index < -0.39 is 16.1 Å². The van der Waals surface area contributed by atoms with Gasteiger partial charge in [0.1, 0.15) is 11.5 Å². The number of rotatable bonds is 11. The number of nitrogens with zero attached hydrogens (tertiary/aromatic N) is 1. The van der Waals surface area contributed by atoms with E-state index >= 15 is 0 Å². The third kappa shape index (κ3) is 6.95. The predicted molar refractivity (Wildman–Crippen MR) is 119 cm³/mol. The number of amides is 1. The minimum Gasteiger partial charge on any atom is -0.494 e. The van der Waals surface area contributed by atoms with Crippen LogP contribution in [0.15, 0.2) is 48.5 Å². The Hall–Kier alpha value is -2.74. The molecule has 1 amide bonds. The van der Waals surface area contributed by atoms with E-state index in [1.807, 2.05) is 31.2 Å². The first-order valence-corrected chi connectivity index (χ1v) is 11.8. The van der Waals surface area contributed by atoms with E-state index in [0.29, 0.717) is 24.6 Å². The van der Waals surface area contributed by atoms with Gasteiger partial charge in [0.2, 0.25) is 10.0 Å². The SMILES string of the molecule is CCOc1ccccc1CCCNC(=O)[C@H](C)Oc1ccc(N(C)S(C)(=O)=O)cc1. The molecule has 0 saturated heterocycles. The van der Waals surface area contributed by atoms with Gasteiger partial charge in [0, 0.05) is 13.6 Å². The molecule has 164 valence electrons. The second-order valence-electron chi connectivity index (χ2n) is 6.92. The van der Waals surface area contributed by atoms with Crippen molar-refractivity contribution in [1.29, 1.82) is 0 Å². The molecule has 0 aliphatic carbocycles. The average molecular weight is 435 g/mol. The monoisotopic (exact) mass is 434 g/mol. The molecule has 2 aromatic rings. The van der Waals surface area contributed by atoms with Gasteiger partial charge in [0.15, 0.2) is 6.10 Å². The molecule has 0 bridgehead atoms. The lowest BCUT2D eigenvalue weighted by Gasteiger charge is -2.18. The molecular formula is C22H30N2O5S. The highest BCUT2D eigenvalue weighted by Gasteiger charge is 2.15. The zero-order chi connectivity index (χ0) is 22.1. The Balaban J connectivity index is 1.80. The number of aryl methyl sites for hydroxylation is 1. The Bertz CT molecular complexity index is 929. The molecular weight excluding hydrogens is 404 g/mol. The Morgan fingerprint density at radius 1 is 1.13 bits per heavy atom. The molecule has 7 nitrogen and oxygen atoms in total. The van der Waals surface area contributed by atoms with Crippen LogP contribution in [0.4, 0.5) is 5.69 Å². The van der Waals surface area contributed by atoms with E-state index in [1.165, 1.54) is 11.4 Å². The summed E-state index contributed by atoms with van der Waals surface area (Å²) in [7, 11) is -1.84. The minimum atomic E-state index is -3.32. The molecule has 1 N–H and O–H groups in total. The maximum absolute atomic E-state index is 12.3. The number of sulfonamides is 1. The van der Waals surface area contributed by atoms with E-state index in [2.05, 4.69) is 5.32 Å². The van der Waals surface area contributed by atoms with Crippen LogP contribution in [0, 0.1) is 0 Å². The first-order chi connectivity index (χ1) is 14.2. The number of nitrogens with one attached hydrogen (secondary N) is 1. The molecule has 0 heterocycles. The van der Waals surface area contributed by atoms with Gasteiger partial charge < -0.3 is 14.8 Å². The summed E-state index contributed by atoms with van der Waals surface area (Å²) >= 11 is 0. The maximum Gasteiger partial charge on any atom is 0.260 e. The fourth-order valence-electron chi connectivity index (χ4n) is 2.82. The highest BCUT2D eigenvalue weighted by molar-refractivity contribution is 7.92. The van der Waals surface area contributed by atoms with Crippen LogP contribution in [-0.4, -0.2) is 46.9 Å². The first kappa shape index (κ1) is 23.5. The Labute approximate surface area is 179 Å². The van der Waals surface area contributed by atoms with E-state index in [0.717, 1.165) is 30.4 Å². The molecule has 0 aliphatic rings. The Morgan fingerprint density at radius 2 is 1.80 bits per heavy atom. The number of carbonyl (C=O) groups is 1. The van der Waals surface area contributed by atoms with E-state index in [-0.39, 0.29) is 5.91 Å². The lowest BCUT2D eigenvalue weighted by molar-refractivity contribution is -0.127. The fraction of sp³-hybridized carbons (Fsp3) is 0.409. The van der Waals surface area contributed by atoms with Gasteiger partial charge in [-0.2, -0.15) is 0 Å². The predicted octanol–water partition coefficient (Wildman–Crippen LogP) is 3.00. The maximum atomic E-state index is 12.3. The number of para-hydroxylation sites is 1. The summed E-state index contributed by atoms with van der Waals surface area (Å²) in [6, 6.07) is 14.5. The van der Waals surface area contributed by atoms with Crippen molar-refractivity contribution in [2.75, 3.05) is 30.8 Å². The van der Waals surface area contributed by atoms with Gasteiger partial charge in [0.25, 0.3) is 5.91 Å². The topological polar surface area (TPSA) is 84.9 Å². The van der Waals surface area contributed by atoms with Crippen LogP contribution >= 0.6 is 0 Å². The Morgan fingerprint density at radius 3 is 2.43 bits per heavy atom. The van der Waals surface area contributed by atoms with Crippen LogP contribution in [0.3, 0.4) is 0 Å². The smallest absolute Gasteiger partial charge is 0.260 e. The van der Waals surface area contributed by atoms with Gasteiger partial charge >= 0.3 is 0 Å². The summed E-state index contributed by atoms with van der Waals surface area (Å²) in [5.41, 5.74) is 1.64. The second kappa shape index (κ2) is 10.9. The molecule has 0 aromatic heterocycles. The third-order valence-electron chi connectivity index (χ3n) is 4.57. The second-order valence-corrected chi connectivity index (χ2v) is 8.93. The number of anilines is 1. The van der Waals surface area contributed by atoms with Gasteiger partial charge in [-0.3, -0.25) is 9.10 Å². The lowest BCUT2D eigenvalue weighted by Crippen LogP contribution is -2.37. The summed E-state index contributed by atoms with van der Waals surface area (Å²) < 4.78 is 35.6. The summed E-state index contributed by atoms with van der Waals surface area (Å²) in [6.45, 7) is 4.78. The van der Waals surface area contributed by atoms with E-state index in [9.17, 15) is 13.2 Å². The van der Waals surface area contributed by atoms with Crippen LogP contribution in [0.25, 0.3) is 0 Å². The molecule has 0 spiro atoms. The standard InChI is InChI=1S/C22H30N2O5S/c1-5-28-21-11-7-6-9-18(21)10-8-16-23-22(25)17(2)29-20-14-12-19(13-15-20)24(3)30(4,26)27/h6-7,9,11-15,17H,5,8,10,16H2,1-4H3,(H,23,25)/t17-/m0/s1. The number of hydrogen-bond acceptors (Lipinski definition) is 5. The van der Waals surface area contributed by atoms with E-state index in [1.54, 1.807) is 31.2 Å². The van der Waals surface area contributed by atoms with Gasteiger partial charge in [-0.15, -0.1) is 0 Å². The molecule has 2 aromatic carbocycles. The molecule has 1 atom stereocenters. The molecule has 8 heteroatoms. The zero-order valence-electron chi connectivity index (χ0n) is 17.9. The van der Waals surface area contributed by atoms with Crippen molar-refractivity contribution in [2.45, 2.75) is 32.8 Å². The van der Waals surface area contributed by atoms with Crippen LogP contribution < -0.4 is 19.1 Å². The molecule has 0 aliphatic heterocycles. The van der Waals surface area contributed by atoms with Gasteiger partial charge in [0.05, 0.1) is 18.6 Å².